The molecule has 0 aliphatic carbocycles. The predicted molar refractivity (Wildman–Crippen MR) is 121 cm³/mol. The molecule has 2 aliphatic heterocycles. The molecule has 2 heterocycles. The van der Waals surface area contributed by atoms with E-state index in [0.29, 0.717) is 45.8 Å². The molecule has 31 heavy (non-hydrogen) atoms. The Balaban J connectivity index is 1.37. The van der Waals surface area contributed by atoms with Crippen molar-refractivity contribution >= 4 is 21.4 Å². The average Bonchev–Trinajstić information content (AvgIpc) is 3.16. The largest absolute Gasteiger partial charge is 0.493 e. The highest BCUT2D eigenvalue weighted by molar-refractivity contribution is 7.90. The Labute approximate surface area is 189 Å². The van der Waals surface area contributed by atoms with Crippen LogP contribution in [0.5, 0.6) is 5.75 Å². The molecular formula is C24H27ClN2O3S. The van der Waals surface area contributed by atoms with Crippen molar-refractivity contribution in [1.82, 2.24) is 4.90 Å². The van der Waals surface area contributed by atoms with Crippen LogP contribution in [0.2, 0.25) is 5.02 Å². The fourth-order valence-electron chi connectivity index (χ4n) is 4.97. The molecule has 0 spiro atoms. The van der Waals surface area contributed by atoms with E-state index in [-0.39, 0.29) is 0 Å². The molecule has 0 amide bonds. The maximum absolute atomic E-state index is 11.6. The molecule has 0 aromatic heterocycles. The van der Waals surface area contributed by atoms with E-state index >= 15 is 0 Å². The summed E-state index contributed by atoms with van der Waals surface area (Å²) in [7, 11) is -3.19. The van der Waals surface area contributed by atoms with Gasteiger partial charge in [0.25, 0.3) is 0 Å². The number of ether oxygens (including phenoxy) is 1. The standard InChI is InChI=1S/C24H27ClN2O3S/c1-31(28,29)24-7-5-23(6-8-24)30-16-19-13-22-4-2-3-21(27(22)15-19)12-17-9-18(14-26)11-20(25)10-17/h5-11,19,21-22H,2-4,12-13,15-16H2,1H3/t19-,21+,22?/m0/s1. The smallest absolute Gasteiger partial charge is 0.175 e. The zero-order chi connectivity index (χ0) is 22.0. The quantitative estimate of drug-likeness (QED) is 0.638. The summed E-state index contributed by atoms with van der Waals surface area (Å²) in [5, 5.41) is 9.84. The molecule has 2 aromatic carbocycles. The minimum atomic E-state index is -3.19. The van der Waals surface area contributed by atoms with Crippen LogP contribution in [0.3, 0.4) is 0 Å². The number of hydrogen-bond donors (Lipinski definition) is 0. The van der Waals surface area contributed by atoms with Crippen molar-refractivity contribution in [1.29, 1.82) is 5.26 Å². The number of nitrogens with zero attached hydrogens (tertiary/aromatic N) is 2. The Hall–Kier alpha value is -2.07. The van der Waals surface area contributed by atoms with E-state index in [9.17, 15) is 13.7 Å². The first-order valence-corrected chi connectivity index (χ1v) is 13.0. The second kappa shape index (κ2) is 9.20. The van der Waals surface area contributed by atoms with Gasteiger partial charge in [0.05, 0.1) is 23.1 Å². The Morgan fingerprint density at radius 2 is 1.97 bits per heavy atom. The lowest BCUT2D eigenvalue weighted by Crippen LogP contribution is -2.44. The fraction of sp³-hybridized carbons (Fsp3) is 0.458. The minimum Gasteiger partial charge on any atom is -0.493 e. The molecule has 0 N–H and O–H groups in total. The molecule has 2 aromatic rings. The number of nitriles is 1. The Morgan fingerprint density at radius 3 is 2.68 bits per heavy atom. The third kappa shape index (κ3) is 5.41. The SMILES string of the molecule is CS(=O)(=O)c1ccc(OC[C@H]2CC3CCC[C@H](Cc4cc(Cl)cc(C#N)c4)N3C2)cc1. The Morgan fingerprint density at radius 1 is 1.19 bits per heavy atom. The van der Waals surface area contributed by atoms with Crippen LogP contribution in [-0.2, 0) is 16.3 Å². The van der Waals surface area contributed by atoms with Gasteiger partial charge < -0.3 is 4.74 Å². The van der Waals surface area contributed by atoms with Gasteiger partial charge in [-0.25, -0.2) is 8.42 Å². The van der Waals surface area contributed by atoms with Gasteiger partial charge in [0.2, 0.25) is 0 Å². The zero-order valence-corrected chi connectivity index (χ0v) is 19.2. The van der Waals surface area contributed by atoms with Crippen LogP contribution < -0.4 is 4.74 Å². The molecular weight excluding hydrogens is 432 g/mol. The molecule has 3 atom stereocenters. The summed E-state index contributed by atoms with van der Waals surface area (Å²) >= 11 is 6.20. The zero-order valence-electron chi connectivity index (χ0n) is 17.6. The first-order valence-electron chi connectivity index (χ1n) is 10.7. The number of halogens is 1. The third-order valence-corrected chi connectivity index (χ3v) is 7.73. The number of piperidine rings is 1. The summed E-state index contributed by atoms with van der Waals surface area (Å²) in [6, 6.07) is 15.5. The maximum Gasteiger partial charge on any atom is 0.175 e. The van der Waals surface area contributed by atoms with Gasteiger partial charge in [-0.1, -0.05) is 18.0 Å². The fourth-order valence-corrected chi connectivity index (χ4v) is 5.86. The maximum atomic E-state index is 11.6. The van der Waals surface area contributed by atoms with Crippen LogP contribution in [0.25, 0.3) is 0 Å². The normalized spacial score (nSPS) is 23.8. The molecule has 2 fully saturated rings. The highest BCUT2D eigenvalue weighted by atomic mass is 35.5. The number of rotatable bonds is 6. The van der Waals surface area contributed by atoms with Crippen molar-refractivity contribution in [3.8, 4) is 11.8 Å². The van der Waals surface area contributed by atoms with E-state index < -0.39 is 9.84 Å². The molecule has 0 saturated carbocycles. The number of fused-ring (bicyclic) bond motifs is 1. The lowest BCUT2D eigenvalue weighted by Gasteiger charge is -2.38. The van der Waals surface area contributed by atoms with Crippen LogP contribution in [0.1, 0.15) is 36.8 Å². The monoisotopic (exact) mass is 458 g/mol. The number of benzene rings is 2. The molecule has 4 rings (SSSR count). The van der Waals surface area contributed by atoms with E-state index in [1.165, 1.54) is 19.1 Å². The molecule has 164 valence electrons. The van der Waals surface area contributed by atoms with Gasteiger partial charge in [-0.3, -0.25) is 4.90 Å². The number of hydrogen-bond acceptors (Lipinski definition) is 5. The molecule has 0 bridgehead atoms. The Kier molecular flexibility index (Phi) is 6.57. The number of sulfone groups is 1. The topological polar surface area (TPSA) is 70.4 Å². The van der Waals surface area contributed by atoms with Gasteiger partial charge in [-0.05, 0) is 73.7 Å². The molecule has 0 radical (unpaired) electrons. The van der Waals surface area contributed by atoms with Crippen LogP contribution >= 0.6 is 11.6 Å². The summed E-state index contributed by atoms with van der Waals surface area (Å²) < 4.78 is 29.2. The predicted octanol–water partition coefficient (Wildman–Crippen LogP) is 4.48. The van der Waals surface area contributed by atoms with Crippen molar-refractivity contribution in [2.24, 2.45) is 5.92 Å². The van der Waals surface area contributed by atoms with Gasteiger partial charge in [0.1, 0.15) is 5.75 Å². The highest BCUT2D eigenvalue weighted by Crippen LogP contribution is 2.36. The summed E-state index contributed by atoms with van der Waals surface area (Å²) in [6.07, 6.45) is 6.83. The van der Waals surface area contributed by atoms with Gasteiger partial charge in [0, 0.05) is 35.8 Å². The van der Waals surface area contributed by atoms with Crippen molar-refractivity contribution in [3.63, 3.8) is 0 Å². The van der Waals surface area contributed by atoms with Crippen molar-refractivity contribution in [2.75, 3.05) is 19.4 Å². The van der Waals surface area contributed by atoms with Crippen molar-refractivity contribution in [2.45, 2.75) is 49.1 Å². The van der Waals surface area contributed by atoms with E-state index in [2.05, 4.69) is 11.0 Å². The lowest BCUT2D eigenvalue weighted by atomic mass is 9.91. The summed E-state index contributed by atoms with van der Waals surface area (Å²) in [6.45, 7) is 1.64. The van der Waals surface area contributed by atoms with E-state index in [1.54, 1.807) is 30.3 Å². The second-order valence-corrected chi connectivity index (χ2v) is 11.2. The van der Waals surface area contributed by atoms with Crippen LogP contribution in [-0.4, -0.2) is 44.8 Å². The molecule has 2 saturated heterocycles. The highest BCUT2D eigenvalue weighted by Gasteiger charge is 2.38. The van der Waals surface area contributed by atoms with Crippen LogP contribution in [0, 0.1) is 17.2 Å². The molecule has 2 aliphatic rings. The third-order valence-electron chi connectivity index (χ3n) is 6.38. The van der Waals surface area contributed by atoms with Gasteiger partial charge in [0.15, 0.2) is 9.84 Å². The second-order valence-electron chi connectivity index (χ2n) is 8.76. The van der Waals surface area contributed by atoms with E-state index in [0.717, 1.165) is 31.4 Å². The molecule has 1 unspecified atom stereocenters. The Bertz CT molecular complexity index is 1080. The average molecular weight is 459 g/mol. The first kappa shape index (κ1) is 22.1. The van der Waals surface area contributed by atoms with Gasteiger partial charge in [-0.15, -0.1) is 0 Å². The molecule has 7 heteroatoms. The van der Waals surface area contributed by atoms with Gasteiger partial charge in [-0.2, -0.15) is 5.26 Å². The summed E-state index contributed by atoms with van der Waals surface area (Å²) in [5.74, 6) is 1.16. The van der Waals surface area contributed by atoms with Crippen LogP contribution in [0.4, 0.5) is 0 Å². The molecule has 5 nitrogen and oxygen atoms in total. The van der Waals surface area contributed by atoms with E-state index in [4.69, 9.17) is 16.3 Å². The van der Waals surface area contributed by atoms with Crippen LogP contribution in [0.15, 0.2) is 47.4 Å². The summed E-state index contributed by atoms with van der Waals surface area (Å²) in [4.78, 5) is 2.93. The lowest BCUT2D eigenvalue weighted by molar-refractivity contribution is 0.119. The van der Waals surface area contributed by atoms with Crippen molar-refractivity contribution in [3.05, 3.63) is 58.6 Å². The van der Waals surface area contributed by atoms with Crippen molar-refractivity contribution < 1.29 is 13.2 Å². The van der Waals surface area contributed by atoms with E-state index in [1.807, 2.05) is 12.1 Å². The first-order chi connectivity index (χ1) is 14.8. The summed E-state index contributed by atoms with van der Waals surface area (Å²) in [5.41, 5.74) is 1.74. The van der Waals surface area contributed by atoms with Gasteiger partial charge >= 0.3 is 0 Å². The minimum absolute atomic E-state index is 0.307.